The second kappa shape index (κ2) is 4.81. The lowest BCUT2D eigenvalue weighted by atomic mass is 9.82. The van der Waals surface area contributed by atoms with Crippen molar-refractivity contribution in [3.8, 4) is 0 Å². The third kappa shape index (κ3) is 2.71. The van der Waals surface area contributed by atoms with E-state index in [1.54, 1.807) is 6.07 Å². The number of anilines is 1. The smallest absolute Gasteiger partial charge is 0.201 e. The standard InChI is InChI=1S/C14H18FN3O/c1-14(4-6-19-7-5-14)9-16-13-17-11-3-2-10(15)8-12(11)18-13/h2-3,8H,4-7,9H2,1H3,(H2,16,17,18). The van der Waals surface area contributed by atoms with E-state index in [-0.39, 0.29) is 11.2 Å². The third-order valence-electron chi connectivity index (χ3n) is 3.83. The fraction of sp³-hybridized carbons (Fsp3) is 0.500. The van der Waals surface area contributed by atoms with Gasteiger partial charge in [-0.3, -0.25) is 0 Å². The van der Waals surface area contributed by atoms with Crippen molar-refractivity contribution < 1.29 is 9.13 Å². The second-order valence-electron chi connectivity index (χ2n) is 5.52. The number of benzene rings is 1. The van der Waals surface area contributed by atoms with E-state index in [1.807, 2.05) is 0 Å². The Labute approximate surface area is 111 Å². The molecule has 1 aliphatic rings. The number of halogens is 1. The molecule has 0 aliphatic carbocycles. The molecule has 0 unspecified atom stereocenters. The number of imidazole rings is 1. The molecular weight excluding hydrogens is 245 g/mol. The van der Waals surface area contributed by atoms with Crippen LogP contribution in [0.25, 0.3) is 11.0 Å². The third-order valence-corrected chi connectivity index (χ3v) is 3.83. The molecule has 2 heterocycles. The van der Waals surface area contributed by atoms with E-state index in [4.69, 9.17) is 4.74 Å². The van der Waals surface area contributed by atoms with Gasteiger partial charge < -0.3 is 15.0 Å². The van der Waals surface area contributed by atoms with Gasteiger partial charge in [-0.2, -0.15) is 0 Å². The zero-order valence-electron chi connectivity index (χ0n) is 11.0. The second-order valence-corrected chi connectivity index (χ2v) is 5.52. The largest absolute Gasteiger partial charge is 0.381 e. The van der Waals surface area contributed by atoms with Crippen LogP contribution in [0.2, 0.25) is 0 Å². The van der Waals surface area contributed by atoms with Crippen molar-refractivity contribution >= 4 is 17.0 Å². The highest BCUT2D eigenvalue weighted by Gasteiger charge is 2.27. The van der Waals surface area contributed by atoms with Gasteiger partial charge in [-0.15, -0.1) is 0 Å². The number of aromatic amines is 1. The average Bonchev–Trinajstić information content (AvgIpc) is 2.79. The average molecular weight is 263 g/mol. The minimum absolute atomic E-state index is 0.239. The van der Waals surface area contributed by atoms with Crippen LogP contribution in [0.4, 0.5) is 10.3 Å². The maximum atomic E-state index is 13.1. The van der Waals surface area contributed by atoms with Crippen molar-refractivity contribution in [1.82, 2.24) is 9.97 Å². The Kier molecular flexibility index (Phi) is 3.14. The van der Waals surface area contributed by atoms with Crippen LogP contribution >= 0.6 is 0 Å². The van der Waals surface area contributed by atoms with Crippen molar-refractivity contribution in [2.24, 2.45) is 5.41 Å². The monoisotopic (exact) mass is 263 g/mol. The Balaban J connectivity index is 1.71. The van der Waals surface area contributed by atoms with E-state index < -0.39 is 0 Å². The van der Waals surface area contributed by atoms with Crippen molar-refractivity contribution in [1.29, 1.82) is 0 Å². The molecule has 1 saturated heterocycles. The molecule has 1 aromatic carbocycles. The van der Waals surface area contributed by atoms with E-state index in [9.17, 15) is 4.39 Å². The van der Waals surface area contributed by atoms with Crippen molar-refractivity contribution in [2.75, 3.05) is 25.1 Å². The Morgan fingerprint density at radius 1 is 1.42 bits per heavy atom. The van der Waals surface area contributed by atoms with Crippen LogP contribution in [0, 0.1) is 11.2 Å². The molecule has 1 aromatic heterocycles. The molecule has 102 valence electrons. The molecule has 0 atom stereocenters. The van der Waals surface area contributed by atoms with Crippen LogP contribution in [0.3, 0.4) is 0 Å². The van der Waals surface area contributed by atoms with Crippen molar-refractivity contribution in [2.45, 2.75) is 19.8 Å². The van der Waals surface area contributed by atoms with Gasteiger partial charge in [0.05, 0.1) is 11.0 Å². The summed E-state index contributed by atoms with van der Waals surface area (Å²) in [7, 11) is 0. The molecule has 19 heavy (non-hydrogen) atoms. The predicted octanol–water partition coefficient (Wildman–Crippen LogP) is 2.93. The van der Waals surface area contributed by atoms with Crippen LogP contribution in [-0.4, -0.2) is 29.7 Å². The van der Waals surface area contributed by atoms with Crippen LogP contribution in [0.15, 0.2) is 18.2 Å². The first-order chi connectivity index (χ1) is 9.15. The quantitative estimate of drug-likeness (QED) is 0.895. The number of rotatable bonds is 3. The van der Waals surface area contributed by atoms with Gasteiger partial charge in [0.1, 0.15) is 5.82 Å². The molecule has 0 radical (unpaired) electrons. The fourth-order valence-electron chi connectivity index (χ4n) is 2.40. The summed E-state index contributed by atoms with van der Waals surface area (Å²) in [4.78, 5) is 7.50. The van der Waals surface area contributed by atoms with Gasteiger partial charge in [0.15, 0.2) is 0 Å². The van der Waals surface area contributed by atoms with Gasteiger partial charge in [-0.05, 0) is 36.5 Å². The van der Waals surface area contributed by atoms with Crippen molar-refractivity contribution in [3.05, 3.63) is 24.0 Å². The first-order valence-corrected chi connectivity index (χ1v) is 6.62. The topological polar surface area (TPSA) is 49.9 Å². The summed E-state index contributed by atoms with van der Waals surface area (Å²) in [6, 6.07) is 4.57. The van der Waals surface area contributed by atoms with E-state index >= 15 is 0 Å². The van der Waals surface area contributed by atoms with Gasteiger partial charge in [0.25, 0.3) is 0 Å². The van der Waals surface area contributed by atoms with Gasteiger partial charge in [-0.1, -0.05) is 6.92 Å². The maximum Gasteiger partial charge on any atom is 0.201 e. The van der Waals surface area contributed by atoms with Crippen LogP contribution in [0.5, 0.6) is 0 Å². The number of ether oxygens (including phenoxy) is 1. The molecule has 2 N–H and O–H groups in total. The molecule has 1 aliphatic heterocycles. The fourth-order valence-corrected chi connectivity index (χ4v) is 2.40. The van der Waals surface area contributed by atoms with E-state index in [2.05, 4.69) is 22.2 Å². The molecule has 0 amide bonds. The number of aromatic nitrogens is 2. The number of hydrogen-bond donors (Lipinski definition) is 2. The summed E-state index contributed by atoms with van der Waals surface area (Å²) in [5.41, 5.74) is 1.74. The highest BCUT2D eigenvalue weighted by atomic mass is 19.1. The van der Waals surface area contributed by atoms with Crippen LogP contribution < -0.4 is 5.32 Å². The molecule has 0 bridgehead atoms. The molecule has 0 spiro atoms. The number of fused-ring (bicyclic) bond motifs is 1. The number of nitrogens with zero attached hydrogens (tertiary/aromatic N) is 1. The summed E-state index contributed by atoms with van der Waals surface area (Å²) in [5.74, 6) is 0.451. The van der Waals surface area contributed by atoms with E-state index in [0.29, 0.717) is 5.95 Å². The lowest BCUT2D eigenvalue weighted by molar-refractivity contribution is 0.0299. The first kappa shape index (κ1) is 12.4. The SMILES string of the molecule is CC1(CNc2nc3ccc(F)cc3[nH]2)CCOCC1. The highest BCUT2D eigenvalue weighted by molar-refractivity contribution is 5.77. The Morgan fingerprint density at radius 2 is 2.21 bits per heavy atom. The number of H-pyrrole nitrogens is 1. The van der Waals surface area contributed by atoms with Crippen LogP contribution in [-0.2, 0) is 4.74 Å². The lowest BCUT2D eigenvalue weighted by Crippen LogP contribution is -2.33. The number of hydrogen-bond acceptors (Lipinski definition) is 3. The summed E-state index contributed by atoms with van der Waals surface area (Å²) in [6.45, 7) is 4.75. The first-order valence-electron chi connectivity index (χ1n) is 6.62. The zero-order valence-corrected chi connectivity index (χ0v) is 11.0. The Hall–Kier alpha value is -1.62. The van der Waals surface area contributed by atoms with Gasteiger partial charge in [0, 0.05) is 19.8 Å². The molecular formula is C14H18FN3O. The Bertz CT molecular complexity index is 575. The van der Waals surface area contributed by atoms with Gasteiger partial charge in [0.2, 0.25) is 5.95 Å². The molecule has 3 rings (SSSR count). The summed E-state index contributed by atoms with van der Waals surface area (Å²) in [6.07, 6.45) is 2.10. The highest BCUT2D eigenvalue weighted by Crippen LogP contribution is 2.29. The summed E-state index contributed by atoms with van der Waals surface area (Å²) in [5, 5.41) is 3.32. The normalized spacial score (nSPS) is 18.6. The zero-order chi connectivity index (χ0) is 13.3. The lowest BCUT2D eigenvalue weighted by Gasteiger charge is -2.33. The van der Waals surface area contributed by atoms with Gasteiger partial charge in [-0.25, -0.2) is 9.37 Å². The summed E-state index contributed by atoms with van der Waals surface area (Å²) < 4.78 is 18.5. The minimum atomic E-state index is -0.251. The molecule has 1 fully saturated rings. The number of nitrogens with one attached hydrogen (secondary N) is 2. The van der Waals surface area contributed by atoms with E-state index in [1.165, 1.54) is 12.1 Å². The molecule has 2 aromatic rings. The molecule has 0 saturated carbocycles. The summed E-state index contributed by atoms with van der Waals surface area (Å²) >= 11 is 0. The maximum absolute atomic E-state index is 13.1. The van der Waals surface area contributed by atoms with Crippen molar-refractivity contribution in [3.63, 3.8) is 0 Å². The van der Waals surface area contributed by atoms with Gasteiger partial charge >= 0.3 is 0 Å². The van der Waals surface area contributed by atoms with Crippen LogP contribution in [0.1, 0.15) is 19.8 Å². The molecule has 4 nitrogen and oxygen atoms in total. The Morgan fingerprint density at radius 3 is 3.00 bits per heavy atom. The van der Waals surface area contributed by atoms with E-state index in [0.717, 1.165) is 43.6 Å². The predicted molar refractivity (Wildman–Crippen MR) is 72.7 cm³/mol. The minimum Gasteiger partial charge on any atom is -0.381 e. The molecule has 5 heteroatoms.